The zero-order valence-electron chi connectivity index (χ0n) is 8.74. The first-order valence-corrected chi connectivity index (χ1v) is 4.72. The molecule has 1 aromatic carbocycles. The summed E-state index contributed by atoms with van der Waals surface area (Å²) in [4.78, 5) is 20.9. The largest absolute Gasteiger partial charge is 0.481 e. The molecule has 5 heteroatoms. The molecule has 0 aromatic heterocycles. The van der Waals surface area contributed by atoms with Gasteiger partial charge in [0.05, 0.1) is 12.5 Å². The zero-order valence-corrected chi connectivity index (χ0v) is 8.74. The molecule has 0 aliphatic rings. The highest BCUT2D eigenvalue weighted by molar-refractivity contribution is 5.68. The van der Waals surface area contributed by atoms with E-state index in [2.05, 4.69) is 5.32 Å². The molecule has 0 unspecified atom stereocenters. The van der Waals surface area contributed by atoms with Crippen LogP contribution in [-0.4, -0.2) is 17.5 Å². The number of rotatable bonds is 5. The van der Waals surface area contributed by atoms with Gasteiger partial charge in [0.25, 0.3) is 0 Å². The fraction of sp³-hybridized carbons (Fsp3) is 0.273. The van der Waals surface area contributed by atoms with Crippen molar-refractivity contribution in [1.82, 2.24) is 5.32 Å². The van der Waals surface area contributed by atoms with E-state index in [4.69, 9.17) is 5.11 Å². The fourth-order valence-electron chi connectivity index (χ4n) is 1.45. The van der Waals surface area contributed by atoms with Crippen LogP contribution in [0.1, 0.15) is 23.6 Å². The number of carboxylic acid groups (broad SMARTS) is 1. The molecular weight excluding hydrogens is 213 g/mol. The van der Waals surface area contributed by atoms with Gasteiger partial charge in [-0.15, -0.1) is 0 Å². The first-order valence-electron chi connectivity index (χ1n) is 4.72. The van der Waals surface area contributed by atoms with Gasteiger partial charge in [0.15, 0.2) is 0 Å². The second-order valence-electron chi connectivity index (χ2n) is 3.46. The first kappa shape index (κ1) is 12.2. The Labute approximate surface area is 92.1 Å². The second kappa shape index (κ2) is 5.25. The molecule has 86 valence electrons. The Morgan fingerprint density at radius 1 is 1.62 bits per heavy atom. The molecule has 4 nitrogen and oxygen atoms in total. The van der Waals surface area contributed by atoms with Crippen LogP contribution in [0.25, 0.3) is 0 Å². The van der Waals surface area contributed by atoms with E-state index in [1.54, 1.807) is 13.0 Å². The summed E-state index contributed by atoms with van der Waals surface area (Å²) in [6.07, 6.45) is 0.0223. The molecule has 1 aromatic rings. The molecule has 0 radical (unpaired) electrons. The lowest BCUT2D eigenvalue weighted by atomic mass is 10.0. The van der Waals surface area contributed by atoms with Crippen LogP contribution in [0, 0.1) is 12.7 Å². The number of hydrogen-bond donors (Lipinski definition) is 2. The highest BCUT2D eigenvalue weighted by Gasteiger charge is 2.18. The molecule has 0 fully saturated rings. The number of aryl methyl sites for hydroxylation is 1. The summed E-state index contributed by atoms with van der Waals surface area (Å²) in [7, 11) is 0. The normalized spacial score (nSPS) is 11.9. The number of carbonyl (C=O) groups is 2. The van der Waals surface area contributed by atoms with E-state index in [1.807, 2.05) is 0 Å². The third kappa shape index (κ3) is 3.05. The highest BCUT2D eigenvalue weighted by atomic mass is 19.1. The van der Waals surface area contributed by atoms with E-state index < -0.39 is 17.8 Å². The van der Waals surface area contributed by atoms with E-state index in [9.17, 15) is 14.0 Å². The van der Waals surface area contributed by atoms with Gasteiger partial charge in [0.2, 0.25) is 6.41 Å². The van der Waals surface area contributed by atoms with E-state index in [-0.39, 0.29) is 12.0 Å². The standard InChI is InChI=1S/C11H12FNO3/c1-7-2-3-9(12)8(4-7)10(13-6-14)5-11(15)16/h2-4,6,10H,5H2,1H3,(H,13,14)(H,15,16)/t10-/m1/s1. The summed E-state index contributed by atoms with van der Waals surface area (Å²) < 4.78 is 13.4. The van der Waals surface area contributed by atoms with Crippen LogP contribution >= 0.6 is 0 Å². The lowest BCUT2D eigenvalue weighted by Gasteiger charge is -2.15. The van der Waals surface area contributed by atoms with Gasteiger partial charge >= 0.3 is 5.97 Å². The highest BCUT2D eigenvalue weighted by Crippen LogP contribution is 2.21. The number of benzene rings is 1. The summed E-state index contributed by atoms with van der Waals surface area (Å²) >= 11 is 0. The number of carboxylic acids is 1. The Hall–Kier alpha value is -1.91. The van der Waals surface area contributed by atoms with Crippen molar-refractivity contribution in [3.63, 3.8) is 0 Å². The summed E-state index contributed by atoms with van der Waals surface area (Å²) in [6, 6.07) is 3.53. The van der Waals surface area contributed by atoms with Crippen LogP contribution in [0.2, 0.25) is 0 Å². The van der Waals surface area contributed by atoms with Crippen molar-refractivity contribution in [2.24, 2.45) is 0 Å². The summed E-state index contributed by atoms with van der Waals surface area (Å²) in [5, 5.41) is 11.0. The lowest BCUT2D eigenvalue weighted by Crippen LogP contribution is -2.23. The topological polar surface area (TPSA) is 66.4 Å². The van der Waals surface area contributed by atoms with Crippen molar-refractivity contribution in [3.8, 4) is 0 Å². The average molecular weight is 225 g/mol. The first-order chi connectivity index (χ1) is 7.54. The second-order valence-corrected chi connectivity index (χ2v) is 3.46. The molecule has 0 saturated carbocycles. The third-order valence-electron chi connectivity index (χ3n) is 2.17. The number of nitrogens with one attached hydrogen (secondary N) is 1. The van der Waals surface area contributed by atoms with E-state index in [0.717, 1.165) is 5.56 Å². The number of amides is 1. The maximum absolute atomic E-state index is 13.4. The molecule has 16 heavy (non-hydrogen) atoms. The van der Waals surface area contributed by atoms with Crippen molar-refractivity contribution in [2.75, 3.05) is 0 Å². The minimum absolute atomic E-state index is 0.189. The molecular formula is C11H12FNO3. The van der Waals surface area contributed by atoms with Crippen LogP contribution in [0.5, 0.6) is 0 Å². The Balaban J connectivity index is 3.03. The maximum Gasteiger partial charge on any atom is 0.305 e. The number of halogens is 1. The molecule has 0 aliphatic heterocycles. The summed E-state index contributed by atoms with van der Waals surface area (Å²) in [5.74, 6) is -1.62. The summed E-state index contributed by atoms with van der Waals surface area (Å²) in [6.45, 7) is 1.77. The maximum atomic E-state index is 13.4. The molecule has 0 spiro atoms. The van der Waals surface area contributed by atoms with Crippen molar-refractivity contribution < 1.29 is 19.1 Å². The van der Waals surface area contributed by atoms with Gasteiger partial charge in [0, 0.05) is 5.56 Å². The van der Waals surface area contributed by atoms with Crippen molar-refractivity contribution in [1.29, 1.82) is 0 Å². The van der Waals surface area contributed by atoms with Gasteiger partial charge in [0.1, 0.15) is 5.82 Å². The Kier molecular flexibility index (Phi) is 3.99. The van der Waals surface area contributed by atoms with Crippen molar-refractivity contribution >= 4 is 12.4 Å². The molecule has 0 aliphatic carbocycles. The van der Waals surface area contributed by atoms with Gasteiger partial charge in [-0.25, -0.2) is 4.39 Å². The van der Waals surface area contributed by atoms with Crippen molar-refractivity contribution in [3.05, 3.63) is 35.1 Å². The molecule has 0 bridgehead atoms. The number of carbonyl (C=O) groups excluding carboxylic acids is 1. The van der Waals surface area contributed by atoms with Crippen LogP contribution in [0.15, 0.2) is 18.2 Å². The third-order valence-corrected chi connectivity index (χ3v) is 2.17. The number of aliphatic carboxylic acids is 1. The Bertz CT molecular complexity index is 406. The van der Waals surface area contributed by atoms with Gasteiger partial charge in [-0.2, -0.15) is 0 Å². The molecule has 0 saturated heterocycles. The van der Waals surface area contributed by atoms with Crippen LogP contribution in [0.4, 0.5) is 4.39 Å². The van der Waals surface area contributed by atoms with Gasteiger partial charge in [-0.05, 0) is 13.0 Å². The SMILES string of the molecule is Cc1ccc(F)c([C@@H](CC(=O)O)NC=O)c1. The fourth-order valence-corrected chi connectivity index (χ4v) is 1.45. The van der Waals surface area contributed by atoms with Crippen molar-refractivity contribution in [2.45, 2.75) is 19.4 Å². The minimum Gasteiger partial charge on any atom is -0.481 e. The smallest absolute Gasteiger partial charge is 0.305 e. The predicted octanol–water partition coefficient (Wildman–Crippen LogP) is 1.40. The van der Waals surface area contributed by atoms with Gasteiger partial charge in [-0.3, -0.25) is 9.59 Å². The summed E-state index contributed by atoms with van der Waals surface area (Å²) in [5.41, 5.74) is 0.994. The molecule has 1 atom stereocenters. The van der Waals surface area contributed by atoms with E-state index in [1.165, 1.54) is 12.1 Å². The number of hydrogen-bond acceptors (Lipinski definition) is 2. The molecule has 1 rings (SSSR count). The molecule has 0 heterocycles. The molecule has 1 amide bonds. The Morgan fingerprint density at radius 2 is 2.31 bits per heavy atom. The zero-order chi connectivity index (χ0) is 12.1. The average Bonchev–Trinajstić information content (AvgIpc) is 2.20. The van der Waals surface area contributed by atoms with Crippen LogP contribution < -0.4 is 5.32 Å². The van der Waals surface area contributed by atoms with Crippen LogP contribution in [0.3, 0.4) is 0 Å². The predicted molar refractivity (Wildman–Crippen MR) is 55.3 cm³/mol. The minimum atomic E-state index is -1.10. The quantitative estimate of drug-likeness (QED) is 0.744. The Morgan fingerprint density at radius 3 is 2.88 bits per heavy atom. The van der Waals surface area contributed by atoms with Gasteiger partial charge in [-0.1, -0.05) is 17.7 Å². The van der Waals surface area contributed by atoms with E-state index in [0.29, 0.717) is 6.41 Å². The van der Waals surface area contributed by atoms with Crippen LogP contribution in [-0.2, 0) is 9.59 Å². The lowest BCUT2D eigenvalue weighted by molar-refractivity contribution is -0.137. The van der Waals surface area contributed by atoms with Gasteiger partial charge < -0.3 is 10.4 Å². The van der Waals surface area contributed by atoms with E-state index >= 15 is 0 Å². The monoisotopic (exact) mass is 225 g/mol. The molecule has 2 N–H and O–H groups in total.